The Bertz CT molecular complexity index is 614. The highest BCUT2D eigenvalue weighted by molar-refractivity contribution is 7.92. The number of carbonyl (C=O) groups is 1. The molecule has 0 saturated carbocycles. The number of hydrogen-bond acceptors (Lipinski definition) is 4. The normalized spacial score (nSPS) is 10.8. The average molecular weight is 326 g/mol. The van der Waals surface area contributed by atoms with E-state index in [-0.39, 0.29) is 18.9 Å². The summed E-state index contributed by atoms with van der Waals surface area (Å²) in [4.78, 5) is 11.7. The Morgan fingerprint density at radius 1 is 1.41 bits per heavy atom. The summed E-state index contributed by atoms with van der Waals surface area (Å²) in [6, 6.07) is 6.86. The highest BCUT2D eigenvalue weighted by Gasteiger charge is 2.21. The van der Waals surface area contributed by atoms with E-state index in [1.54, 1.807) is 30.3 Å². The number of carbonyl (C=O) groups excluding carboxylic acids is 1. The molecule has 0 aliphatic rings. The van der Waals surface area contributed by atoms with Crippen LogP contribution in [0.5, 0.6) is 5.75 Å². The summed E-state index contributed by atoms with van der Waals surface area (Å²) < 4.78 is 30.7. The number of amides is 1. The number of sulfonamides is 1. The van der Waals surface area contributed by atoms with Crippen LogP contribution in [0, 0.1) is 0 Å². The molecule has 1 aromatic rings. The van der Waals surface area contributed by atoms with Crippen LogP contribution in [0.3, 0.4) is 0 Å². The molecule has 0 atom stereocenters. The van der Waals surface area contributed by atoms with Crippen LogP contribution in [-0.4, -0.2) is 40.3 Å². The Balaban J connectivity index is 2.95. The number of anilines is 1. The van der Waals surface area contributed by atoms with E-state index in [9.17, 15) is 13.2 Å². The summed E-state index contributed by atoms with van der Waals surface area (Å²) in [5.74, 6) is 0.240. The van der Waals surface area contributed by atoms with E-state index in [1.807, 2.05) is 6.92 Å². The number of ether oxygens (including phenoxy) is 1. The molecule has 1 amide bonds. The Labute approximate surface area is 131 Å². The first-order valence-corrected chi connectivity index (χ1v) is 8.82. The molecule has 0 radical (unpaired) electrons. The maximum absolute atomic E-state index is 12.0. The number of nitrogens with zero attached hydrogens (tertiary/aromatic N) is 1. The smallest absolute Gasteiger partial charge is 0.232 e. The van der Waals surface area contributed by atoms with Gasteiger partial charge in [0.1, 0.15) is 5.75 Å². The van der Waals surface area contributed by atoms with Gasteiger partial charge in [0.05, 0.1) is 18.6 Å². The van der Waals surface area contributed by atoms with E-state index >= 15 is 0 Å². The Morgan fingerprint density at radius 2 is 2.09 bits per heavy atom. The molecule has 0 unspecified atom stereocenters. The molecule has 122 valence electrons. The summed E-state index contributed by atoms with van der Waals surface area (Å²) in [7, 11) is -3.52. The third kappa shape index (κ3) is 5.40. The highest BCUT2D eigenvalue weighted by atomic mass is 32.2. The molecule has 0 aliphatic heterocycles. The maximum Gasteiger partial charge on any atom is 0.232 e. The van der Waals surface area contributed by atoms with Gasteiger partial charge in [-0.15, -0.1) is 6.58 Å². The van der Waals surface area contributed by atoms with E-state index < -0.39 is 10.0 Å². The number of rotatable bonds is 9. The molecule has 0 spiro atoms. The number of hydrogen-bond donors (Lipinski definition) is 1. The summed E-state index contributed by atoms with van der Waals surface area (Å²) in [6.07, 6.45) is 2.73. The van der Waals surface area contributed by atoms with Gasteiger partial charge >= 0.3 is 0 Å². The summed E-state index contributed by atoms with van der Waals surface area (Å²) >= 11 is 0. The molecule has 1 rings (SSSR count). The Hall–Kier alpha value is -2.02. The van der Waals surface area contributed by atoms with Crippen molar-refractivity contribution in [3.63, 3.8) is 0 Å². The quantitative estimate of drug-likeness (QED) is 0.699. The van der Waals surface area contributed by atoms with Crippen molar-refractivity contribution in [1.29, 1.82) is 0 Å². The van der Waals surface area contributed by atoms with Crippen molar-refractivity contribution in [3.05, 3.63) is 36.9 Å². The van der Waals surface area contributed by atoms with Crippen LogP contribution in [-0.2, 0) is 14.8 Å². The standard InChI is InChI=1S/C15H22N2O4S/c1-4-11-16-15(18)10-12-17(22(3,19)20)13-8-6-7-9-14(13)21-5-2/h4,6-9H,1,5,10-12H2,2-3H3,(H,16,18). The fourth-order valence-electron chi connectivity index (χ4n) is 1.88. The first kappa shape index (κ1) is 18.0. The lowest BCUT2D eigenvalue weighted by Crippen LogP contribution is -2.35. The minimum atomic E-state index is -3.52. The van der Waals surface area contributed by atoms with Crippen molar-refractivity contribution < 1.29 is 17.9 Å². The van der Waals surface area contributed by atoms with Gasteiger partial charge in [0.2, 0.25) is 15.9 Å². The first-order valence-electron chi connectivity index (χ1n) is 6.97. The lowest BCUT2D eigenvalue weighted by molar-refractivity contribution is -0.120. The van der Waals surface area contributed by atoms with Gasteiger partial charge in [0.25, 0.3) is 0 Å². The topological polar surface area (TPSA) is 75.7 Å². The molecule has 0 fully saturated rings. The third-order valence-electron chi connectivity index (χ3n) is 2.82. The lowest BCUT2D eigenvalue weighted by atomic mass is 10.2. The van der Waals surface area contributed by atoms with Gasteiger partial charge in [-0.25, -0.2) is 8.42 Å². The molecule has 0 bridgehead atoms. The second-order valence-electron chi connectivity index (χ2n) is 4.58. The van der Waals surface area contributed by atoms with Crippen LogP contribution in [0.2, 0.25) is 0 Å². The van der Waals surface area contributed by atoms with Crippen LogP contribution < -0.4 is 14.4 Å². The first-order chi connectivity index (χ1) is 10.4. The van der Waals surface area contributed by atoms with Crippen LogP contribution >= 0.6 is 0 Å². The molecule has 0 saturated heterocycles. The number of para-hydroxylation sites is 2. The van der Waals surface area contributed by atoms with Gasteiger partial charge in [0.15, 0.2) is 0 Å². The fraction of sp³-hybridized carbons (Fsp3) is 0.400. The Morgan fingerprint density at radius 3 is 2.68 bits per heavy atom. The molecular formula is C15H22N2O4S. The molecule has 1 N–H and O–H groups in total. The van der Waals surface area contributed by atoms with Crippen molar-refractivity contribution in [1.82, 2.24) is 5.32 Å². The molecular weight excluding hydrogens is 304 g/mol. The van der Waals surface area contributed by atoms with Crippen molar-refractivity contribution in [2.24, 2.45) is 0 Å². The van der Waals surface area contributed by atoms with Crippen LogP contribution in [0.1, 0.15) is 13.3 Å². The SMILES string of the molecule is C=CCNC(=O)CCN(c1ccccc1OCC)S(C)(=O)=O. The molecule has 0 aromatic heterocycles. The van der Waals surface area contributed by atoms with E-state index in [1.165, 1.54) is 4.31 Å². The molecule has 0 heterocycles. The molecule has 6 nitrogen and oxygen atoms in total. The highest BCUT2D eigenvalue weighted by Crippen LogP contribution is 2.29. The zero-order valence-corrected chi connectivity index (χ0v) is 13.7. The van der Waals surface area contributed by atoms with Crippen LogP contribution in [0.4, 0.5) is 5.69 Å². The molecule has 0 aliphatic carbocycles. The van der Waals surface area contributed by atoms with Gasteiger partial charge in [-0.2, -0.15) is 0 Å². The van der Waals surface area contributed by atoms with Crippen molar-refractivity contribution in [2.75, 3.05) is 30.3 Å². The van der Waals surface area contributed by atoms with E-state index in [0.29, 0.717) is 24.6 Å². The zero-order valence-electron chi connectivity index (χ0n) is 12.9. The van der Waals surface area contributed by atoms with E-state index in [4.69, 9.17) is 4.74 Å². The summed E-state index contributed by atoms with van der Waals surface area (Å²) in [5, 5.41) is 2.62. The zero-order chi connectivity index (χ0) is 16.6. The van der Waals surface area contributed by atoms with Crippen LogP contribution in [0.15, 0.2) is 36.9 Å². The van der Waals surface area contributed by atoms with Gasteiger partial charge in [-0.1, -0.05) is 18.2 Å². The fourth-order valence-corrected chi connectivity index (χ4v) is 2.81. The Kier molecular flexibility index (Phi) is 6.91. The van der Waals surface area contributed by atoms with Gasteiger partial charge < -0.3 is 10.1 Å². The van der Waals surface area contributed by atoms with Gasteiger partial charge in [-0.3, -0.25) is 9.10 Å². The van der Waals surface area contributed by atoms with Crippen LogP contribution in [0.25, 0.3) is 0 Å². The van der Waals surface area contributed by atoms with Gasteiger partial charge in [0, 0.05) is 19.5 Å². The molecule has 1 aromatic carbocycles. The molecule has 22 heavy (non-hydrogen) atoms. The number of nitrogens with one attached hydrogen (secondary N) is 1. The van der Waals surface area contributed by atoms with Crippen molar-refractivity contribution >= 4 is 21.6 Å². The minimum Gasteiger partial charge on any atom is -0.492 e. The monoisotopic (exact) mass is 326 g/mol. The lowest BCUT2D eigenvalue weighted by Gasteiger charge is -2.24. The predicted molar refractivity (Wildman–Crippen MR) is 87.6 cm³/mol. The maximum atomic E-state index is 12.0. The average Bonchev–Trinajstić information content (AvgIpc) is 2.46. The van der Waals surface area contributed by atoms with E-state index in [0.717, 1.165) is 6.26 Å². The second kappa shape index (κ2) is 8.43. The second-order valence-corrected chi connectivity index (χ2v) is 6.49. The predicted octanol–water partition coefficient (Wildman–Crippen LogP) is 1.54. The van der Waals surface area contributed by atoms with Crippen molar-refractivity contribution in [3.8, 4) is 5.75 Å². The van der Waals surface area contributed by atoms with Crippen molar-refractivity contribution in [2.45, 2.75) is 13.3 Å². The largest absolute Gasteiger partial charge is 0.492 e. The summed E-state index contributed by atoms with van der Waals surface area (Å²) in [6.45, 7) is 6.16. The minimum absolute atomic E-state index is 0.0475. The van der Waals surface area contributed by atoms with Gasteiger partial charge in [-0.05, 0) is 19.1 Å². The summed E-state index contributed by atoms with van der Waals surface area (Å²) in [5.41, 5.74) is 0.434. The van der Waals surface area contributed by atoms with E-state index in [2.05, 4.69) is 11.9 Å². The third-order valence-corrected chi connectivity index (χ3v) is 4.00. The number of benzene rings is 1. The molecule has 7 heteroatoms.